The van der Waals surface area contributed by atoms with E-state index in [2.05, 4.69) is 40.3 Å². The molecule has 0 aromatic carbocycles. The summed E-state index contributed by atoms with van der Waals surface area (Å²) in [5.41, 5.74) is 6.07. The molecule has 1 fully saturated rings. The highest BCUT2D eigenvalue weighted by Gasteiger charge is 2.32. The zero-order valence-electron chi connectivity index (χ0n) is 18.6. The fraction of sp³-hybridized carbons (Fsp3) is 0.435. The van der Waals surface area contributed by atoms with Crippen molar-refractivity contribution >= 4 is 33.1 Å². The van der Waals surface area contributed by atoms with Gasteiger partial charge in [0, 0.05) is 25.4 Å². The van der Waals surface area contributed by atoms with Gasteiger partial charge in [-0.15, -0.1) is 11.3 Å². The van der Waals surface area contributed by atoms with E-state index in [-0.39, 0.29) is 17.9 Å². The van der Waals surface area contributed by atoms with Crippen LogP contribution < -0.4 is 5.32 Å². The minimum Gasteiger partial charge on any atom is -0.354 e. The van der Waals surface area contributed by atoms with E-state index in [9.17, 15) is 9.18 Å². The number of carbonyl (C=O) groups is 1. The summed E-state index contributed by atoms with van der Waals surface area (Å²) in [5, 5.41) is 7.34. The van der Waals surface area contributed by atoms with Gasteiger partial charge in [-0.25, -0.2) is 13.9 Å². The number of aromatic nitrogens is 4. The van der Waals surface area contributed by atoms with Crippen LogP contribution in [0.25, 0.3) is 27.1 Å². The number of nitrogens with zero attached hydrogens (tertiary/aromatic N) is 4. The average molecular weight is 455 g/mol. The van der Waals surface area contributed by atoms with Gasteiger partial charge in [0.15, 0.2) is 5.65 Å². The summed E-state index contributed by atoms with van der Waals surface area (Å²) in [6.45, 7) is 7.36. The predicted molar refractivity (Wildman–Crippen MR) is 125 cm³/mol. The van der Waals surface area contributed by atoms with Crippen molar-refractivity contribution in [3.05, 3.63) is 40.7 Å². The van der Waals surface area contributed by atoms with Gasteiger partial charge in [-0.1, -0.05) is 13.8 Å². The highest BCUT2D eigenvalue weighted by Crippen LogP contribution is 2.40. The van der Waals surface area contributed by atoms with E-state index in [0.29, 0.717) is 17.8 Å². The third kappa shape index (κ3) is 3.40. The minimum atomic E-state index is -1.05. The van der Waals surface area contributed by atoms with Crippen molar-refractivity contribution in [2.45, 2.75) is 45.3 Å². The normalized spacial score (nSPS) is 19.3. The molecule has 1 aliphatic rings. The highest BCUT2D eigenvalue weighted by molar-refractivity contribution is 7.21. The lowest BCUT2D eigenvalue weighted by Crippen LogP contribution is -2.51. The van der Waals surface area contributed by atoms with Crippen molar-refractivity contribution in [3.63, 3.8) is 0 Å². The fourth-order valence-electron chi connectivity index (χ4n) is 4.68. The van der Waals surface area contributed by atoms with E-state index in [1.54, 1.807) is 22.8 Å². The number of halogens is 1. The van der Waals surface area contributed by atoms with Gasteiger partial charge in [0.25, 0.3) is 5.91 Å². The van der Waals surface area contributed by atoms with Crippen molar-refractivity contribution in [1.29, 1.82) is 0 Å². The Kier molecular flexibility index (Phi) is 5.25. The largest absolute Gasteiger partial charge is 0.354 e. The molecule has 5 heterocycles. The Morgan fingerprint density at radius 3 is 2.94 bits per heavy atom. The number of hydrogen-bond acceptors (Lipinski definition) is 5. The van der Waals surface area contributed by atoms with Crippen LogP contribution in [0, 0.1) is 6.92 Å². The van der Waals surface area contributed by atoms with E-state index in [0.717, 1.165) is 39.2 Å². The molecule has 2 atom stereocenters. The lowest BCUT2D eigenvalue weighted by Gasteiger charge is -2.34. The van der Waals surface area contributed by atoms with Crippen LogP contribution in [-0.4, -0.2) is 62.7 Å². The van der Waals surface area contributed by atoms with E-state index >= 15 is 0 Å². The number of aromatic amines is 1. The first-order chi connectivity index (χ1) is 15.3. The van der Waals surface area contributed by atoms with Crippen LogP contribution in [0.2, 0.25) is 0 Å². The molecule has 2 N–H and O–H groups in total. The molecule has 0 spiro atoms. The molecule has 32 heavy (non-hydrogen) atoms. The zero-order valence-corrected chi connectivity index (χ0v) is 19.5. The molecule has 168 valence electrons. The second-order valence-electron chi connectivity index (χ2n) is 8.85. The van der Waals surface area contributed by atoms with Gasteiger partial charge >= 0.3 is 0 Å². The highest BCUT2D eigenvalue weighted by atomic mass is 32.1. The first kappa shape index (κ1) is 21.1. The number of aryl methyl sites for hydroxylation is 1. The standard InChI is InChI=1S/C23H27FN6OS/c1-12(2)19-20(14-7-13(3)22-26-11-27-30(22)10-14)28-16-8-18(32-21(16)19)23(31)29(4)17-5-6-25-9-15(17)24/h7-8,10-12,15,17,25,28H,5-6,9H2,1-4H3/t15-,17-/m0/s1. The number of H-pyrrole nitrogens is 1. The van der Waals surface area contributed by atoms with E-state index in [1.165, 1.54) is 16.9 Å². The lowest BCUT2D eigenvalue weighted by atomic mass is 9.99. The Labute approximate surface area is 189 Å². The number of pyridine rings is 1. The summed E-state index contributed by atoms with van der Waals surface area (Å²) in [5.74, 6) is 0.134. The smallest absolute Gasteiger partial charge is 0.264 e. The quantitative estimate of drug-likeness (QED) is 0.486. The summed E-state index contributed by atoms with van der Waals surface area (Å²) >= 11 is 1.48. The Morgan fingerprint density at radius 1 is 1.38 bits per heavy atom. The Bertz CT molecular complexity index is 1300. The molecule has 4 aromatic rings. The van der Waals surface area contributed by atoms with Crippen molar-refractivity contribution in [3.8, 4) is 11.3 Å². The van der Waals surface area contributed by atoms with Crippen molar-refractivity contribution in [2.24, 2.45) is 0 Å². The average Bonchev–Trinajstić information content (AvgIpc) is 3.46. The van der Waals surface area contributed by atoms with E-state index in [1.807, 2.05) is 19.2 Å². The van der Waals surface area contributed by atoms with E-state index in [4.69, 9.17) is 0 Å². The molecule has 1 amide bonds. The molecule has 9 heteroatoms. The molecule has 4 aromatic heterocycles. The second kappa shape index (κ2) is 7.97. The summed E-state index contributed by atoms with van der Waals surface area (Å²) < 4.78 is 17.2. The molecular formula is C23H27FN6OS. The molecule has 0 radical (unpaired) electrons. The van der Waals surface area contributed by atoms with Crippen LogP contribution in [0.3, 0.4) is 0 Å². The molecule has 0 aliphatic carbocycles. The number of alkyl halides is 1. The summed E-state index contributed by atoms with van der Waals surface area (Å²) in [6.07, 6.45) is 3.12. The summed E-state index contributed by atoms with van der Waals surface area (Å²) in [4.78, 5) is 23.2. The first-order valence-corrected chi connectivity index (χ1v) is 11.7. The van der Waals surface area contributed by atoms with Crippen molar-refractivity contribution < 1.29 is 9.18 Å². The number of rotatable bonds is 4. The third-order valence-corrected chi connectivity index (χ3v) is 7.49. The van der Waals surface area contributed by atoms with Crippen LogP contribution in [0.5, 0.6) is 0 Å². The first-order valence-electron chi connectivity index (χ1n) is 10.9. The third-order valence-electron chi connectivity index (χ3n) is 6.33. The minimum absolute atomic E-state index is 0.120. The van der Waals surface area contributed by atoms with Crippen LogP contribution in [0.1, 0.15) is 47.0 Å². The maximum absolute atomic E-state index is 14.4. The predicted octanol–water partition coefficient (Wildman–Crippen LogP) is 4.14. The molecule has 0 saturated carbocycles. The van der Waals surface area contributed by atoms with Gasteiger partial charge in [-0.3, -0.25) is 4.79 Å². The van der Waals surface area contributed by atoms with Gasteiger partial charge in [0.2, 0.25) is 0 Å². The molecule has 5 rings (SSSR count). The number of carbonyl (C=O) groups excluding carboxylic acids is 1. The lowest BCUT2D eigenvalue weighted by molar-refractivity contribution is 0.0577. The number of amides is 1. The van der Waals surface area contributed by atoms with E-state index < -0.39 is 6.17 Å². The van der Waals surface area contributed by atoms with Gasteiger partial charge in [-0.2, -0.15) is 5.10 Å². The Hall–Kier alpha value is -2.78. The zero-order chi connectivity index (χ0) is 22.6. The number of fused-ring (bicyclic) bond motifs is 2. The number of nitrogens with one attached hydrogen (secondary N) is 2. The molecule has 0 bridgehead atoms. The number of thiophene rings is 1. The molecule has 0 unspecified atom stereocenters. The molecular weight excluding hydrogens is 427 g/mol. The summed E-state index contributed by atoms with van der Waals surface area (Å²) in [7, 11) is 1.71. The van der Waals surface area contributed by atoms with Crippen LogP contribution in [-0.2, 0) is 0 Å². The van der Waals surface area contributed by atoms with Crippen LogP contribution in [0.4, 0.5) is 4.39 Å². The van der Waals surface area contributed by atoms with Crippen molar-refractivity contribution in [1.82, 2.24) is 29.8 Å². The van der Waals surface area contributed by atoms with Gasteiger partial charge in [-0.05, 0) is 49.1 Å². The van der Waals surface area contributed by atoms with Crippen LogP contribution >= 0.6 is 11.3 Å². The molecule has 7 nitrogen and oxygen atoms in total. The number of piperidine rings is 1. The van der Waals surface area contributed by atoms with Gasteiger partial charge < -0.3 is 15.2 Å². The molecule has 1 aliphatic heterocycles. The SMILES string of the molecule is Cc1cc(-c2[nH]c3cc(C(=O)N(C)[C@H]4CCNC[C@@H]4F)sc3c2C(C)C)cn2ncnc12. The maximum Gasteiger partial charge on any atom is 0.264 e. The topological polar surface area (TPSA) is 78.3 Å². The van der Waals surface area contributed by atoms with Gasteiger partial charge in [0.05, 0.1) is 26.8 Å². The molecule has 1 saturated heterocycles. The number of hydrogen-bond donors (Lipinski definition) is 2. The Balaban J connectivity index is 1.54. The summed E-state index contributed by atoms with van der Waals surface area (Å²) in [6, 6.07) is 3.63. The second-order valence-corrected chi connectivity index (χ2v) is 9.91. The maximum atomic E-state index is 14.4. The monoisotopic (exact) mass is 454 g/mol. The van der Waals surface area contributed by atoms with Crippen molar-refractivity contribution in [2.75, 3.05) is 20.1 Å². The fourth-order valence-corrected chi connectivity index (χ4v) is 5.98. The van der Waals surface area contributed by atoms with Crippen LogP contribution in [0.15, 0.2) is 24.7 Å². The van der Waals surface area contributed by atoms with Gasteiger partial charge in [0.1, 0.15) is 12.5 Å². The Morgan fingerprint density at radius 2 is 2.19 bits per heavy atom.